The number of aliphatic imine (C=N–C) groups is 1. The van der Waals surface area contributed by atoms with E-state index in [9.17, 15) is 0 Å². The van der Waals surface area contributed by atoms with Gasteiger partial charge in [0.2, 0.25) is 0 Å². The molecule has 1 aliphatic rings. The van der Waals surface area contributed by atoms with Gasteiger partial charge in [0.1, 0.15) is 5.75 Å². The van der Waals surface area contributed by atoms with E-state index >= 15 is 0 Å². The van der Waals surface area contributed by atoms with Crippen molar-refractivity contribution in [1.29, 1.82) is 0 Å². The molecule has 1 aliphatic carbocycles. The van der Waals surface area contributed by atoms with Crippen LogP contribution >= 0.6 is 0 Å². The monoisotopic (exact) mass is 427 g/mol. The van der Waals surface area contributed by atoms with Crippen molar-refractivity contribution in [2.75, 3.05) is 18.5 Å². The summed E-state index contributed by atoms with van der Waals surface area (Å²) in [7, 11) is 1.91. The third-order valence-corrected chi connectivity index (χ3v) is 5.19. The minimum atomic E-state index is 0.160. The van der Waals surface area contributed by atoms with Crippen LogP contribution in [-0.4, -0.2) is 41.1 Å². The number of guanidine groups is 1. The molecule has 0 unspecified atom stereocenters. The number of anilines is 1. The molecule has 2 N–H and O–H groups in total. The summed E-state index contributed by atoms with van der Waals surface area (Å²) >= 11 is 0. The molecule has 1 aromatic heterocycles. The van der Waals surface area contributed by atoms with Gasteiger partial charge in [0.05, 0.1) is 24.9 Å². The molecule has 2 aromatic rings. The van der Waals surface area contributed by atoms with E-state index in [0.717, 1.165) is 42.5 Å². The van der Waals surface area contributed by atoms with Gasteiger partial charge in [0.25, 0.3) is 0 Å². The summed E-state index contributed by atoms with van der Waals surface area (Å²) in [4.78, 5) is 4.73. The van der Waals surface area contributed by atoms with Crippen molar-refractivity contribution in [2.45, 2.75) is 71.1 Å². The Balaban J connectivity index is 1.51. The van der Waals surface area contributed by atoms with Gasteiger partial charge >= 0.3 is 0 Å². The second kappa shape index (κ2) is 12.3. The standard InChI is InChI=1S/C24H37N5O2/c1-19(2)31-23-12-10-21(11-13-23)28-24(26-16-20-17-27-29(3)18-20)25-14-7-15-30-22-8-5-4-6-9-22/h10-13,17-19,22H,4-9,14-16H2,1-3H3,(H2,25,26,28). The molecule has 31 heavy (non-hydrogen) atoms. The Morgan fingerprint density at radius 2 is 1.97 bits per heavy atom. The first-order valence-electron chi connectivity index (χ1n) is 11.5. The first kappa shape index (κ1) is 23.1. The van der Waals surface area contributed by atoms with Crippen LogP contribution in [0, 0.1) is 0 Å². The van der Waals surface area contributed by atoms with Gasteiger partial charge in [-0.05, 0) is 57.4 Å². The van der Waals surface area contributed by atoms with Crippen molar-refractivity contribution in [1.82, 2.24) is 15.1 Å². The summed E-state index contributed by atoms with van der Waals surface area (Å²) in [6.45, 7) is 6.21. The molecule has 1 fully saturated rings. The third-order valence-electron chi connectivity index (χ3n) is 5.19. The molecule has 170 valence electrons. The topological polar surface area (TPSA) is 72.7 Å². The molecular formula is C24H37N5O2. The summed E-state index contributed by atoms with van der Waals surface area (Å²) in [5.74, 6) is 1.61. The predicted octanol–water partition coefficient (Wildman–Crippen LogP) is 4.50. The molecule has 1 aromatic carbocycles. The highest BCUT2D eigenvalue weighted by molar-refractivity contribution is 5.93. The number of nitrogens with zero attached hydrogens (tertiary/aromatic N) is 3. The highest BCUT2D eigenvalue weighted by Crippen LogP contribution is 2.20. The molecule has 7 heteroatoms. The van der Waals surface area contributed by atoms with Gasteiger partial charge in [-0.3, -0.25) is 4.68 Å². The van der Waals surface area contributed by atoms with Gasteiger partial charge in [-0.25, -0.2) is 4.99 Å². The molecule has 0 atom stereocenters. The smallest absolute Gasteiger partial charge is 0.196 e. The first-order valence-corrected chi connectivity index (χ1v) is 11.5. The van der Waals surface area contributed by atoms with Crippen molar-refractivity contribution >= 4 is 11.6 Å². The quantitative estimate of drug-likeness (QED) is 0.332. The van der Waals surface area contributed by atoms with Gasteiger partial charge in [0.15, 0.2) is 5.96 Å². The van der Waals surface area contributed by atoms with E-state index in [1.807, 2.05) is 57.6 Å². The predicted molar refractivity (Wildman–Crippen MR) is 126 cm³/mol. The number of aryl methyl sites for hydroxylation is 1. The van der Waals surface area contributed by atoms with Crippen molar-refractivity contribution in [3.8, 4) is 5.75 Å². The number of hydrogen-bond acceptors (Lipinski definition) is 4. The van der Waals surface area contributed by atoms with Gasteiger partial charge in [-0.1, -0.05) is 19.3 Å². The van der Waals surface area contributed by atoms with Gasteiger partial charge < -0.3 is 20.1 Å². The van der Waals surface area contributed by atoms with Crippen molar-refractivity contribution in [3.63, 3.8) is 0 Å². The van der Waals surface area contributed by atoms with Crippen LogP contribution in [0.5, 0.6) is 5.75 Å². The molecule has 0 bridgehead atoms. The zero-order valence-electron chi connectivity index (χ0n) is 19.1. The number of hydrogen-bond donors (Lipinski definition) is 2. The lowest BCUT2D eigenvalue weighted by Crippen LogP contribution is -2.32. The third kappa shape index (κ3) is 8.61. The summed E-state index contributed by atoms with van der Waals surface area (Å²) < 4.78 is 13.6. The zero-order valence-corrected chi connectivity index (χ0v) is 19.1. The maximum absolute atomic E-state index is 6.03. The highest BCUT2D eigenvalue weighted by Gasteiger charge is 2.13. The number of aromatic nitrogens is 2. The summed E-state index contributed by atoms with van der Waals surface area (Å²) in [5.41, 5.74) is 2.04. The van der Waals surface area contributed by atoms with Crippen LogP contribution in [0.2, 0.25) is 0 Å². The van der Waals surface area contributed by atoms with Crippen molar-refractivity contribution in [2.24, 2.45) is 12.0 Å². The molecular weight excluding hydrogens is 390 g/mol. The Hall–Kier alpha value is -2.54. The average molecular weight is 428 g/mol. The lowest BCUT2D eigenvalue weighted by atomic mass is 9.98. The van der Waals surface area contributed by atoms with E-state index in [4.69, 9.17) is 14.5 Å². The van der Waals surface area contributed by atoms with Crippen LogP contribution in [0.1, 0.15) is 57.9 Å². The number of nitrogens with one attached hydrogen (secondary N) is 2. The van der Waals surface area contributed by atoms with Gasteiger partial charge in [-0.15, -0.1) is 0 Å². The molecule has 0 radical (unpaired) electrons. The molecule has 0 amide bonds. The van der Waals surface area contributed by atoms with Crippen LogP contribution in [0.3, 0.4) is 0 Å². The van der Waals surface area contributed by atoms with Crippen LogP contribution in [-0.2, 0) is 18.3 Å². The fourth-order valence-electron chi connectivity index (χ4n) is 3.65. The Morgan fingerprint density at radius 3 is 2.65 bits per heavy atom. The molecule has 1 saturated carbocycles. The molecule has 0 aliphatic heterocycles. The Kier molecular flexibility index (Phi) is 9.21. The van der Waals surface area contributed by atoms with Crippen LogP contribution in [0.15, 0.2) is 41.7 Å². The van der Waals surface area contributed by atoms with Gasteiger partial charge in [-0.2, -0.15) is 5.10 Å². The van der Waals surface area contributed by atoms with E-state index in [0.29, 0.717) is 12.6 Å². The summed E-state index contributed by atoms with van der Waals surface area (Å²) in [6.07, 6.45) is 11.8. The maximum Gasteiger partial charge on any atom is 0.196 e. The molecule has 1 heterocycles. The Bertz CT molecular complexity index is 795. The van der Waals surface area contributed by atoms with E-state index < -0.39 is 0 Å². The van der Waals surface area contributed by atoms with Crippen LogP contribution in [0.25, 0.3) is 0 Å². The SMILES string of the molecule is CC(C)Oc1ccc(NC(=NCc2cnn(C)c2)NCCCOC2CCCCC2)cc1. The van der Waals surface area contributed by atoms with E-state index in [1.54, 1.807) is 4.68 Å². The summed E-state index contributed by atoms with van der Waals surface area (Å²) in [5, 5.41) is 11.0. The van der Waals surface area contributed by atoms with E-state index in [1.165, 1.54) is 32.1 Å². The Morgan fingerprint density at radius 1 is 1.19 bits per heavy atom. The molecule has 0 saturated heterocycles. The fourth-order valence-corrected chi connectivity index (χ4v) is 3.65. The molecule has 7 nitrogen and oxygen atoms in total. The lowest BCUT2D eigenvalue weighted by molar-refractivity contribution is 0.0277. The average Bonchev–Trinajstić information content (AvgIpc) is 3.18. The molecule has 3 rings (SSSR count). The second-order valence-corrected chi connectivity index (χ2v) is 8.41. The van der Waals surface area contributed by atoms with E-state index in [2.05, 4.69) is 15.7 Å². The molecule has 0 spiro atoms. The number of ether oxygens (including phenoxy) is 2. The van der Waals surface area contributed by atoms with Crippen molar-refractivity contribution in [3.05, 3.63) is 42.2 Å². The minimum absolute atomic E-state index is 0.160. The minimum Gasteiger partial charge on any atom is -0.491 e. The zero-order chi connectivity index (χ0) is 21.9. The van der Waals surface area contributed by atoms with Crippen molar-refractivity contribution < 1.29 is 9.47 Å². The fraction of sp³-hybridized carbons (Fsp3) is 0.583. The van der Waals surface area contributed by atoms with Crippen LogP contribution in [0.4, 0.5) is 5.69 Å². The van der Waals surface area contributed by atoms with E-state index in [-0.39, 0.29) is 6.10 Å². The Labute approximate surface area is 186 Å². The number of benzene rings is 1. The largest absolute Gasteiger partial charge is 0.491 e. The summed E-state index contributed by atoms with van der Waals surface area (Å²) in [6, 6.07) is 7.95. The maximum atomic E-state index is 6.03. The first-order chi connectivity index (χ1) is 15.1. The highest BCUT2D eigenvalue weighted by atomic mass is 16.5. The normalized spacial score (nSPS) is 15.3. The second-order valence-electron chi connectivity index (χ2n) is 8.41. The number of rotatable bonds is 10. The van der Waals surface area contributed by atoms with Crippen LogP contribution < -0.4 is 15.4 Å². The lowest BCUT2D eigenvalue weighted by Gasteiger charge is -2.22. The van der Waals surface area contributed by atoms with Gasteiger partial charge in [0, 0.05) is 37.6 Å².